The van der Waals surface area contributed by atoms with Crippen LogP contribution in [0.4, 0.5) is 26.3 Å². The highest BCUT2D eigenvalue weighted by Crippen LogP contribution is 2.50. The van der Waals surface area contributed by atoms with Crippen LogP contribution in [0.2, 0.25) is 0 Å². The van der Waals surface area contributed by atoms with E-state index in [0.29, 0.717) is 74.4 Å². The summed E-state index contributed by atoms with van der Waals surface area (Å²) < 4.78 is 79.7. The summed E-state index contributed by atoms with van der Waals surface area (Å²) in [4.78, 5) is 36.4. The van der Waals surface area contributed by atoms with E-state index in [1.54, 1.807) is 46.2 Å². The lowest BCUT2D eigenvalue weighted by Gasteiger charge is -2.21. The Morgan fingerprint density at radius 3 is 1.44 bits per heavy atom. The van der Waals surface area contributed by atoms with Gasteiger partial charge >= 0.3 is 12.4 Å². The quantitative estimate of drug-likeness (QED) is 0.203. The van der Waals surface area contributed by atoms with Crippen molar-refractivity contribution >= 4 is 11.8 Å². The number of nitrogens with zero attached hydrogens (tertiary/aromatic N) is 6. The topological polar surface area (TPSA) is 92.2 Å². The third-order valence-corrected chi connectivity index (χ3v) is 11.1. The molecule has 4 heterocycles. The molecule has 6 atom stereocenters. The maximum atomic E-state index is 13.3. The molecule has 0 radical (unpaired) electrons. The van der Waals surface area contributed by atoms with Crippen LogP contribution >= 0.6 is 0 Å². The van der Waals surface area contributed by atoms with E-state index in [9.17, 15) is 35.9 Å². The van der Waals surface area contributed by atoms with Crippen molar-refractivity contribution in [1.82, 2.24) is 30.0 Å². The van der Waals surface area contributed by atoms with E-state index >= 15 is 0 Å². The Balaban J connectivity index is 0.000000162. The number of carbonyl (C=O) groups excluding carboxylic acids is 2. The summed E-state index contributed by atoms with van der Waals surface area (Å²) in [6, 6.07) is 15.0. The molecule has 2 aromatic carbocycles. The molecular formula is C38H36F6N6O2. The smallest absolute Gasteiger partial charge is 0.337 e. The predicted octanol–water partition coefficient (Wildman–Crippen LogP) is 7.52. The van der Waals surface area contributed by atoms with Gasteiger partial charge in [-0.1, -0.05) is 36.4 Å². The van der Waals surface area contributed by atoms with Gasteiger partial charge < -0.3 is 9.80 Å². The van der Waals surface area contributed by atoms with Gasteiger partial charge in [0, 0.05) is 44.8 Å². The number of fused-ring (bicyclic) bond motifs is 2. The molecule has 2 aliphatic heterocycles. The molecule has 8 nitrogen and oxygen atoms in total. The van der Waals surface area contributed by atoms with E-state index in [-0.39, 0.29) is 47.3 Å². The molecule has 0 bridgehead atoms. The number of alkyl halides is 6. The number of likely N-dealkylation sites (tertiary alicyclic amines) is 2. The molecule has 2 amide bonds. The van der Waals surface area contributed by atoms with Gasteiger partial charge in [0.25, 0.3) is 11.8 Å². The summed E-state index contributed by atoms with van der Waals surface area (Å²) >= 11 is 0. The van der Waals surface area contributed by atoms with Crippen LogP contribution in [0.1, 0.15) is 80.7 Å². The Morgan fingerprint density at radius 1 is 0.577 bits per heavy atom. The number of rotatable bonds is 4. The Labute approximate surface area is 296 Å². The minimum atomic E-state index is -4.33. The molecule has 8 rings (SSSR count). The maximum Gasteiger partial charge on any atom is 0.416 e. The van der Waals surface area contributed by atoms with Crippen LogP contribution in [0.25, 0.3) is 0 Å². The molecule has 4 aromatic rings. The fourth-order valence-corrected chi connectivity index (χ4v) is 8.81. The van der Waals surface area contributed by atoms with Gasteiger partial charge in [0.2, 0.25) is 0 Å². The molecule has 4 fully saturated rings. The first-order valence-electron chi connectivity index (χ1n) is 17.3. The first-order chi connectivity index (χ1) is 24.9. The van der Waals surface area contributed by atoms with E-state index in [2.05, 4.69) is 20.2 Å². The van der Waals surface area contributed by atoms with Gasteiger partial charge in [0.05, 0.1) is 17.3 Å². The zero-order valence-corrected chi connectivity index (χ0v) is 28.0. The van der Waals surface area contributed by atoms with E-state index in [1.807, 2.05) is 0 Å². The zero-order chi connectivity index (χ0) is 36.6. The largest absolute Gasteiger partial charge is 0.416 e. The molecule has 2 aliphatic carbocycles. The Kier molecular flexibility index (Phi) is 9.75. The van der Waals surface area contributed by atoms with Crippen molar-refractivity contribution in [2.75, 3.05) is 26.2 Å². The van der Waals surface area contributed by atoms with Gasteiger partial charge in [-0.3, -0.25) is 14.6 Å². The first kappa shape index (κ1) is 35.5. The Bertz CT molecular complexity index is 1730. The fraction of sp³-hybridized carbons (Fsp3) is 0.421. The lowest BCUT2D eigenvalue weighted by atomic mass is 9.91. The maximum absolute atomic E-state index is 13.3. The molecule has 272 valence electrons. The van der Waals surface area contributed by atoms with Crippen molar-refractivity contribution < 1.29 is 35.9 Å². The number of benzene rings is 2. The number of amides is 2. The second-order valence-corrected chi connectivity index (χ2v) is 14.2. The summed E-state index contributed by atoms with van der Waals surface area (Å²) in [6.07, 6.45) is 0.0159. The standard InChI is InChI=1S/2C19H18F3N3O/c20-19(21,22)16-5-2-1-4-15(16)12-8-13-10-25(11-14(13)9-12)18(26)17-6-3-7-23-24-17;20-19(21,22)16-4-2-1-3-15(16)12-7-13-10-25(11-14(13)8-12)18(26)17-9-23-5-6-24-17/h1-7,12-14H,8-11H2;1-6,9,12-14H,7-8,10-11H2/t2*12?,13-,14+. The third kappa shape index (κ3) is 7.38. The van der Waals surface area contributed by atoms with Gasteiger partial charge in [-0.05, 0) is 96.6 Å². The average molecular weight is 723 g/mol. The van der Waals surface area contributed by atoms with Gasteiger partial charge in [-0.15, -0.1) is 5.10 Å². The molecule has 2 saturated heterocycles. The van der Waals surface area contributed by atoms with E-state index < -0.39 is 23.5 Å². The SMILES string of the molecule is O=C(c1cccnn1)N1C[C@H]2CC(c3ccccc3C(F)(F)F)C[C@H]2C1.O=C(c1cnccn1)N1C[C@H]2CC(c3ccccc3C(F)(F)F)C[C@H]2C1. The van der Waals surface area contributed by atoms with Crippen LogP contribution in [0.3, 0.4) is 0 Å². The minimum Gasteiger partial charge on any atom is -0.337 e. The summed E-state index contributed by atoms with van der Waals surface area (Å²) in [5, 5.41) is 7.58. The predicted molar refractivity (Wildman–Crippen MR) is 177 cm³/mol. The highest BCUT2D eigenvalue weighted by atomic mass is 19.4. The molecule has 52 heavy (non-hydrogen) atoms. The lowest BCUT2D eigenvalue weighted by molar-refractivity contribution is -0.139. The van der Waals surface area contributed by atoms with Crippen LogP contribution in [-0.4, -0.2) is 68.0 Å². The molecular weight excluding hydrogens is 686 g/mol. The van der Waals surface area contributed by atoms with Crippen LogP contribution in [-0.2, 0) is 12.4 Å². The zero-order valence-electron chi connectivity index (χ0n) is 28.0. The fourth-order valence-electron chi connectivity index (χ4n) is 8.81. The number of aromatic nitrogens is 4. The van der Waals surface area contributed by atoms with Crippen molar-refractivity contribution in [3.63, 3.8) is 0 Å². The second kappa shape index (κ2) is 14.3. The average Bonchev–Trinajstić information content (AvgIpc) is 3.92. The molecule has 0 spiro atoms. The Hall–Kier alpha value is -4.88. The normalized spacial score (nSPS) is 25.3. The van der Waals surface area contributed by atoms with Crippen LogP contribution in [0.15, 0.2) is 85.5 Å². The molecule has 4 aliphatic rings. The number of carbonyl (C=O) groups is 2. The Morgan fingerprint density at radius 2 is 1.04 bits per heavy atom. The number of halogens is 6. The first-order valence-corrected chi connectivity index (χ1v) is 17.3. The van der Waals surface area contributed by atoms with Crippen molar-refractivity contribution in [1.29, 1.82) is 0 Å². The van der Waals surface area contributed by atoms with Crippen LogP contribution in [0.5, 0.6) is 0 Å². The molecule has 2 aromatic heterocycles. The summed E-state index contributed by atoms with van der Waals surface area (Å²) in [7, 11) is 0. The van der Waals surface area contributed by atoms with Gasteiger partial charge in [-0.25, -0.2) is 4.98 Å². The van der Waals surface area contributed by atoms with E-state index in [0.717, 1.165) is 12.1 Å². The second-order valence-electron chi connectivity index (χ2n) is 14.2. The van der Waals surface area contributed by atoms with Gasteiger partial charge in [0.1, 0.15) is 5.69 Å². The van der Waals surface area contributed by atoms with Crippen molar-refractivity contribution in [3.05, 3.63) is 119 Å². The number of hydrogen-bond acceptors (Lipinski definition) is 6. The van der Waals surface area contributed by atoms with Crippen molar-refractivity contribution in [2.24, 2.45) is 23.7 Å². The van der Waals surface area contributed by atoms with E-state index in [4.69, 9.17) is 0 Å². The number of hydrogen-bond donors (Lipinski definition) is 0. The highest BCUT2D eigenvalue weighted by molar-refractivity contribution is 5.92. The summed E-state index contributed by atoms with van der Waals surface area (Å²) in [5.74, 6) is 0.445. The minimum absolute atomic E-state index is 0.100. The monoisotopic (exact) mass is 722 g/mol. The van der Waals surface area contributed by atoms with Crippen molar-refractivity contribution in [2.45, 2.75) is 49.9 Å². The molecule has 0 N–H and O–H groups in total. The van der Waals surface area contributed by atoms with Crippen molar-refractivity contribution in [3.8, 4) is 0 Å². The molecule has 2 unspecified atom stereocenters. The molecule has 2 saturated carbocycles. The van der Waals surface area contributed by atoms with E-state index in [1.165, 1.54) is 36.9 Å². The van der Waals surface area contributed by atoms with Crippen LogP contribution in [0, 0.1) is 23.7 Å². The van der Waals surface area contributed by atoms with Crippen LogP contribution < -0.4 is 0 Å². The molecule has 14 heteroatoms. The summed E-state index contributed by atoms with van der Waals surface area (Å²) in [6.45, 7) is 2.30. The lowest BCUT2D eigenvalue weighted by Crippen LogP contribution is -2.30. The van der Waals surface area contributed by atoms with Gasteiger partial charge in [-0.2, -0.15) is 31.4 Å². The van der Waals surface area contributed by atoms with Gasteiger partial charge in [0.15, 0.2) is 5.69 Å². The highest BCUT2D eigenvalue weighted by Gasteiger charge is 2.47. The summed E-state index contributed by atoms with van der Waals surface area (Å²) in [5.41, 5.74) is 0.343. The third-order valence-electron chi connectivity index (χ3n) is 11.1.